The molecule has 1 unspecified atom stereocenters. The van der Waals surface area contributed by atoms with E-state index >= 15 is 0 Å². The Kier molecular flexibility index (Phi) is 12.3. The lowest BCUT2D eigenvalue weighted by molar-refractivity contribution is -0.140. The standard InChI is InChI=1S/C42H45N3O5S/c1-31(2)28-43-42(47)40(27-34-11-7-5-8-12-34)44(29-35-19-15-32(3)16-20-35)41(46)30-45(51(48,49)39-25-17-33(4)18-26-39)36-21-23-38(24-22-36)50-37-13-9-6-10-14-37/h5-26,31,40H,27-30H2,1-4H3,(H,43,47). The summed E-state index contributed by atoms with van der Waals surface area (Å²) in [6.07, 6.45) is 0.249. The molecule has 2 amide bonds. The van der Waals surface area contributed by atoms with Gasteiger partial charge in [0, 0.05) is 19.5 Å². The minimum Gasteiger partial charge on any atom is -0.457 e. The van der Waals surface area contributed by atoms with Crippen molar-refractivity contribution in [1.82, 2.24) is 10.2 Å². The zero-order chi connectivity index (χ0) is 36.4. The molecule has 1 atom stereocenters. The molecule has 1 N–H and O–H groups in total. The summed E-state index contributed by atoms with van der Waals surface area (Å²) in [5.74, 6) is 0.516. The van der Waals surface area contributed by atoms with Crippen molar-refractivity contribution in [2.24, 2.45) is 5.92 Å². The van der Waals surface area contributed by atoms with Crippen LogP contribution in [-0.2, 0) is 32.6 Å². The third-order valence-electron chi connectivity index (χ3n) is 8.42. The average Bonchev–Trinajstić information content (AvgIpc) is 3.13. The Hall–Kier alpha value is -5.41. The maximum atomic E-state index is 14.7. The second kappa shape index (κ2) is 17.0. The van der Waals surface area contributed by atoms with E-state index in [-0.39, 0.29) is 35.4 Å². The summed E-state index contributed by atoms with van der Waals surface area (Å²) in [5, 5.41) is 3.03. The molecule has 5 rings (SSSR count). The molecule has 0 aliphatic heterocycles. The zero-order valence-electron chi connectivity index (χ0n) is 29.5. The molecule has 264 valence electrons. The molecule has 0 radical (unpaired) electrons. The van der Waals surface area contributed by atoms with Crippen LogP contribution in [0.1, 0.15) is 36.1 Å². The molecule has 5 aromatic carbocycles. The number of rotatable bonds is 15. The normalized spacial score (nSPS) is 11.9. The molecule has 0 fully saturated rings. The predicted molar refractivity (Wildman–Crippen MR) is 202 cm³/mol. The van der Waals surface area contributed by atoms with Crippen LogP contribution < -0.4 is 14.4 Å². The third-order valence-corrected chi connectivity index (χ3v) is 10.2. The maximum Gasteiger partial charge on any atom is 0.264 e. The minimum absolute atomic E-state index is 0.0473. The van der Waals surface area contributed by atoms with Crippen molar-refractivity contribution in [3.63, 3.8) is 0 Å². The maximum absolute atomic E-state index is 14.7. The SMILES string of the molecule is Cc1ccc(CN(C(=O)CN(c2ccc(Oc3ccccc3)cc2)S(=O)(=O)c2ccc(C)cc2)C(Cc2ccccc2)C(=O)NCC(C)C)cc1. The molecule has 0 aliphatic rings. The molecule has 51 heavy (non-hydrogen) atoms. The summed E-state index contributed by atoms with van der Waals surface area (Å²) in [7, 11) is -4.23. The van der Waals surface area contributed by atoms with E-state index in [1.165, 1.54) is 17.0 Å². The highest BCUT2D eigenvalue weighted by Gasteiger charge is 2.34. The molecule has 0 aliphatic carbocycles. The van der Waals surface area contributed by atoms with Crippen LogP contribution in [0.4, 0.5) is 5.69 Å². The van der Waals surface area contributed by atoms with Gasteiger partial charge in [-0.2, -0.15) is 0 Å². The number of benzene rings is 5. The van der Waals surface area contributed by atoms with Crippen LogP contribution in [-0.4, -0.2) is 44.3 Å². The first-order valence-electron chi connectivity index (χ1n) is 17.1. The van der Waals surface area contributed by atoms with Crippen molar-refractivity contribution in [2.45, 2.75) is 51.6 Å². The number of hydrogen-bond donors (Lipinski definition) is 1. The van der Waals surface area contributed by atoms with Gasteiger partial charge in [0.05, 0.1) is 10.6 Å². The van der Waals surface area contributed by atoms with E-state index in [0.29, 0.717) is 18.0 Å². The highest BCUT2D eigenvalue weighted by Crippen LogP contribution is 2.29. The lowest BCUT2D eigenvalue weighted by atomic mass is 10.0. The second-order valence-corrected chi connectivity index (χ2v) is 14.9. The van der Waals surface area contributed by atoms with E-state index in [2.05, 4.69) is 5.32 Å². The Morgan fingerprint density at radius 3 is 1.82 bits per heavy atom. The smallest absolute Gasteiger partial charge is 0.264 e. The van der Waals surface area contributed by atoms with Gasteiger partial charge in [0.15, 0.2) is 0 Å². The minimum atomic E-state index is -4.23. The highest BCUT2D eigenvalue weighted by molar-refractivity contribution is 7.92. The van der Waals surface area contributed by atoms with Gasteiger partial charge >= 0.3 is 0 Å². The number of nitrogens with zero attached hydrogens (tertiary/aromatic N) is 2. The topological polar surface area (TPSA) is 96.0 Å². The van der Waals surface area contributed by atoms with Gasteiger partial charge in [-0.25, -0.2) is 8.42 Å². The number of ether oxygens (including phenoxy) is 1. The lowest BCUT2D eigenvalue weighted by Crippen LogP contribution is -2.53. The number of para-hydroxylation sites is 1. The van der Waals surface area contributed by atoms with Gasteiger partial charge in [0.2, 0.25) is 11.8 Å². The van der Waals surface area contributed by atoms with Crippen molar-refractivity contribution in [1.29, 1.82) is 0 Å². The zero-order valence-corrected chi connectivity index (χ0v) is 30.3. The monoisotopic (exact) mass is 703 g/mol. The molecule has 0 heterocycles. The van der Waals surface area contributed by atoms with Gasteiger partial charge in [-0.3, -0.25) is 13.9 Å². The van der Waals surface area contributed by atoms with Crippen LogP contribution in [0.5, 0.6) is 11.5 Å². The summed E-state index contributed by atoms with van der Waals surface area (Å²) in [4.78, 5) is 30.3. The number of sulfonamides is 1. The van der Waals surface area contributed by atoms with E-state index in [1.54, 1.807) is 36.4 Å². The van der Waals surface area contributed by atoms with Crippen LogP contribution in [0, 0.1) is 19.8 Å². The fraction of sp³-hybridized carbons (Fsp3) is 0.238. The molecule has 0 saturated carbocycles. The predicted octanol–water partition coefficient (Wildman–Crippen LogP) is 7.70. The largest absolute Gasteiger partial charge is 0.457 e. The molecule has 0 saturated heterocycles. The third kappa shape index (κ3) is 10.1. The number of carbonyl (C=O) groups excluding carboxylic acids is 2. The van der Waals surface area contributed by atoms with E-state index < -0.39 is 28.5 Å². The van der Waals surface area contributed by atoms with Crippen molar-refractivity contribution in [3.05, 3.63) is 156 Å². The summed E-state index contributed by atoms with van der Waals surface area (Å²) in [6, 6.07) is 38.8. The van der Waals surface area contributed by atoms with E-state index in [1.807, 2.05) is 113 Å². The first-order valence-corrected chi connectivity index (χ1v) is 18.5. The van der Waals surface area contributed by atoms with Crippen molar-refractivity contribution < 1.29 is 22.7 Å². The molecule has 0 spiro atoms. The fourth-order valence-corrected chi connectivity index (χ4v) is 6.95. The van der Waals surface area contributed by atoms with Gasteiger partial charge in [-0.1, -0.05) is 110 Å². The Balaban J connectivity index is 1.55. The van der Waals surface area contributed by atoms with Crippen LogP contribution in [0.3, 0.4) is 0 Å². The number of nitrogens with one attached hydrogen (secondary N) is 1. The first-order chi connectivity index (χ1) is 24.5. The molecular formula is C42H45N3O5S. The van der Waals surface area contributed by atoms with E-state index in [4.69, 9.17) is 4.74 Å². The summed E-state index contributed by atoms with van der Waals surface area (Å²) >= 11 is 0. The Bertz CT molecular complexity index is 1980. The molecule has 0 bridgehead atoms. The lowest BCUT2D eigenvalue weighted by Gasteiger charge is -2.34. The van der Waals surface area contributed by atoms with Crippen LogP contribution in [0.2, 0.25) is 0 Å². The molecule has 0 aromatic heterocycles. The summed E-state index contributed by atoms with van der Waals surface area (Å²) < 4.78 is 35.8. The van der Waals surface area contributed by atoms with Gasteiger partial charge in [-0.05, 0) is 79.4 Å². The molecular weight excluding hydrogens is 659 g/mol. The number of aryl methyl sites for hydroxylation is 2. The summed E-state index contributed by atoms with van der Waals surface area (Å²) in [5.41, 5.74) is 3.94. The van der Waals surface area contributed by atoms with Gasteiger partial charge in [-0.15, -0.1) is 0 Å². The number of hydrogen-bond acceptors (Lipinski definition) is 5. The highest BCUT2D eigenvalue weighted by atomic mass is 32.2. The van der Waals surface area contributed by atoms with Crippen LogP contribution >= 0.6 is 0 Å². The molecule has 8 nitrogen and oxygen atoms in total. The average molecular weight is 704 g/mol. The number of anilines is 1. The van der Waals surface area contributed by atoms with E-state index in [0.717, 1.165) is 26.6 Å². The van der Waals surface area contributed by atoms with E-state index in [9.17, 15) is 18.0 Å². The number of carbonyl (C=O) groups is 2. The first kappa shape index (κ1) is 36.9. The van der Waals surface area contributed by atoms with Crippen molar-refractivity contribution in [2.75, 3.05) is 17.4 Å². The van der Waals surface area contributed by atoms with Gasteiger partial charge < -0.3 is 15.0 Å². The van der Waals surface area contributed by atoms with Crippen molar-refractivity contribution in [3.8, 4) is 11.5 Å². The molecule has 5 aromatic rings. The Morgan fingerprint density at radius 2 is 1.24 bits per heavy atom. The Morgan fingerprint density at radius 1 is 0.686 bits per heavy atom. The fourth-order valence-electron chi connectivity index (χ4n) is 5.54. The summed E-state index contributed by atoms with van der Waals surface area (Å²) in [6.45, 7) is 7.87. The van der Waals surface area contributed by atoms with Crippen LogP contribution in [0.15, 0.2) is 138 Å². The number of amides is 2. The molecule has 9 heteroatoms. The van der Waals surface area contributed by atoms with Gasteiger partial charge in [0.25, 0.3) is 10.0 Å². The quantitative estimate of drug-likeness (QED) is 0.121. The second-order valence-electron chi connectivity index (χ2n) is 13.1. The van der Waals surface area contributed by atoms with Crippen molar-refractivity contribution >= 4 is 27.5 Å². The van der Waals surface area contributed by atoms with Crippen LogP contribution in [0.25, 0.3) is 0 Å². The Labute approximate surface area is 301 Å². The van der Waals surface area contributed by atoms with Gasteiger partial charge in [0.1, 0.15) is 24.1 Å².